The number of aromatic nitrogens is 1. The smallest absolute Gasteiger partial charge is 0.276 e. The number of benzene rings is 1. The molecule has 0 radical (unpaired) electrons. The third kappa shape index (κ3) is 5.37. The Morgan fingerprint density at radius 1 is 1.24 bits per heavy atom. The molecule has 0 aliphatic rings. The number of rotatable bonds is 9. The van der Waals surface area contributed by atoms with Crippen molar-refractivity contribution in [1.82, 2.24) is 9.99 Å². The number of hydrogen-bond donors (Lipinski definition) is 1. The molecule has 0 aliphatic heterocycles. The number of ether oxygens (including phenoxy) is 3. The van der Waals surface area contributed by atoms with Gasteiger partial charge in [-0.3, -0.25) is 9.59 Å². The van der Waals surface area contributed by atoms with Crippen LogP contribution in [0.3, 0.4) is 0 Å². The van der Waals surface area contributed by atoms with E-state index in [-0.39, 0.29) is 17.2 Å². The number of amides is 1. The average molecular weight is 401 g/mol. The van der Waals surface area contributed by atoms with Gasteiger partial charge in [0.25, 0.3) is 11.5 Å². The van der Waals surface area contributed by atoms with Gasteiger partial charge in [0.15, 0.2) is 11.5 Å². The summed E-state index contributed by atoms with van der Waals surface area (Å²) in [6.07, 6.45) is 3.93. The average Bonchev–Trinajstić information content (AvgIpc) is 2.71. The van der Waals surface area contributed by atoms with Gasteiger partial charge in [-0.25, -0.2) is 5.43 Å². The molecule has 0 bridgehead atoms. The fourth-order valence-corrected chi connectivity index (χ4v) is 2.64. The van der Waals surface area contributed by atoms with Crippen LogP contribution >= 0.6 is 0 Å². The summed E-state index contributed by atoms with van der Waals surface area (Å²) in [6.45, 7) is 6.28. The molecule has 2 aromatic rings. The zero-order chi connectivity index (χ0) is 21.4. The summed E-state index contributed by atoms with van der Waals surface area (Å²) in [5.74, 6) is 0.918. The van der Waals surface area contributed by atoms with Gasteiger partial charge in [0, 0.05) is 17.8 Å². The highest BCUT2D eigenvalue weighted by Gasteiger charge is 2.14. The minimum Gasteiger partial charge on any atom is -0.493 e. The van der Waals surface area contributed by atoms with E-state index in [0.717, 1.165) is 6.42 Å². The molecule has 8 heteroatoms. The van der Waals surface area contributed by atoms with Crippen LogP contribution in [0.2, 0.25) is 0 Å². The van der Waals surface area contributed by atoms with Gasteiger partial charge in [0.1, 0.15) is 5.56 Å². The van der Waals surface area contributed by atoms with Crippen molar-refractivity contribution >= 4 is 12.1 Å². The van der Waals surface area contributed by atoms with E-state index in [2.05, 4.69) is 10.5 Å². The maximum absolute atomic E-state index is 12.4. The summed E-state index contributed by atoms with van der Waals surface area (Å²) in [7, 11) is 3.07. The van der Waals surface area contributed by atoms with E-state index in [4.69, 9.17) is 14.2 Å². The van der Waals surface area contributed by atoms with Crippen molar-refractivity contribution < 1.29 is 19.0 Å². The van der Waals surface area contributed by atoms with Gasteiger partial charge >= 0.3 is 0 Å². The van der Waals surface area contributed by atoms with E-state index in [1.807, 2.05) is 20.8 Å². The zero-order valence-electron chi connectivity index (χ0n) is 17.4. The second kappa shape index (κ2) is 10.3. The maximum atomic E-state index is 12.4. The molecule has 8 nitrogen and oxygen atoms in total. The van der Waals surface area contributed by atoms with Gasteiger partial charge in [-0.15, -0.1) is 0 Å². The summed E-state index contributed by atoms with van der Waals surface area (Å²) < 4.78 is 17.9. The number of hydrogen-bond acceptors (Lipinski definition) is 6. The van der Waals surface area contributed by atoms with Gasteiger partial charge in [0.05, 0.1) is 27.0 Å². The van der Waals surface area contributed by atoms with Crippen LogP contribution in [0.25, 0.3) is 0 Å². The Kier molecular flexibility index (Phi) is 7.82. The first-order chi connectivity index (χ1) is 13.9. The molecule has 0 saturated heterocycles. The molecular formula is C21H27N3O5. The van der Waals surface area contributed by atoms with Crippen LogP contribution in [0.4, 0.5) is 0 Å². The number of carbonyl (C=O) groups is 1. The molecule has 0 spiro atoms. The first-order valence-electron chi connectivity index (χ1n) is 9.36. The molecule has 0 saturated carbocycles. The molecule has 1 aromatic heterocycles. The van der Waals surface area contributed by atoms with Crippen LogP contribution in [-0.4, -0.2) is 37.5 Å². The first kappa shape index (κ1) is 22.0. The van der Waals surface area contributed by atoms with E-state index in [9.17, 15) is 9.59 Å². The highest BCUT2D eigenvalue weighted by Crippen LogP contribution is 2.38. The second-order valence-electron chi connectivity index (χ2n) is 6.53. The second-order valence-corrected chi connectivity index (χ2v) is 6.53. The number of pyridine rings is 1. The molecule has 1 N–H and O–H groups in total. The number of methoxy groups -OCH3 is 2. The summed E-state index contributed by atoms with van der Waals surface area (Å²) in [5, 5.41) is 3.95. The fourth-order valence-electron chi connectivity index (χ4n) is 2.64. The number of hydrazone groups is 1. The predicted molar refractivity (Wildman–Crippen MR) is 111 cm³/mol. The molecule has 156 valence electrons. The highest BCUT2D eigenvalue weighted by atomic mass is 16.5. The van der Waals surface area contributed by atoms with Crippen LogP contribution < -0.4 is 25.2 Å². The maximum Gasteiger partial charge on any atom is 0.276 e. The summed E-state index contributed by atoms with van der Waals surface area (Å²) in [6, 6.07) is 6.52. The lowest BCUT2D eigenvalue weighted by Gasteiger charge is -2.14. The van der Waals surface area contributed by atoms with E-state index < -0.39 is 5.91 Å². The summed E-state index contributed by atoms with van der Waals surface area (Å²) in [5.41, 5.74) is 2.68. The summed E-state index contributed by atoms with van der Waals surface area (Å²) in [4.78, 5) is 24.7. The molecule has 29 heavy (non-hydrogen) atoms. The van der Waals surface area contributed by atoms with Crippen molar-refractivity contribution in [2.45, 2.75) is 33.2 Å². The molecule has 1 amide bonds. The van der Waals surface area contributed by atoms with Crippen LogP contribution in [-0.2, 0) is 0 Å². The molecule has 0 atom stereocenters. The number of nitrogens with zero attached hydrogens (tertiary/aromatic N) is 2. The van der Waals surface area contributed by atoms with Crippen LogP contribution in [0.5, 0.6) is 17.2 Å². The molecule has 2 rings (SSSR count). The van der Waals surface area contributed by atoms with Gasteiger partial charge in [-0.05, 0) is 44.5 Å². The minimum atomic E-state index is -0.580. The monoisotopic (exact) mass is 401 g/mol. The van der Waals surface area contributed by atoms with Crippen molar-refractivity contribution in [3.8, 4) is 17.2 Å². The Morgan fingerprint density at radius 2 is 1.90 bits per heavy atom. The van der Waals surface area contributed by atoms with Gasteiger partial charge in [0.2, 0.25) is 5.75 Å². The standard InChI is InChI=1S/C21H27N3O5/c1-6-10-29-19-17(27-4)11-15(12-18(19)28-5)13-22-23-20(25)16-8-7-9-24(14(2)3)21(16)26/h7-9,11-14H,6,10H2,1-5H3,(H,23,25)/b22-13-. The predicted octanol–water partition coefficient (Wildman–Crippen LogP) is 3.00. The molecule has 1 aromatic carbocycles. The number of carbonyl (C=O) groups excluding carboxylic acids is 1. The minimum absolute atomic E-state index is 0.0248. The lowest BCUT2D eigenvalue weighted by atomic mass is 10.2. The Labute approximate surface area is 170 Å². The first-order valence-corrected chi connectivity index (χ1v) is 9.36. The molecule has 1 heterocycles. The SMILES string of the molecule is CCCOc1c(OC)cc(/C=N\NC(=O)c2cccn(C(C)C)c2=O)cc1OC. The highest BCUT2D eigenvalue weighted by molar-refractivity contribution is 5.94. The Morgan fingerprint density at radius 3 is 2.45 bits per heavy atom. The third-order valence-corrected chi connectivity index (χ3v) is 4.09. The van der Waals surface area contributed by atoms with Crippen LogP contribution in [0.1, 0.15) is 49.2 Å². The fraction of sp³-hybridized carbons (Fsp3) is 0.381. The molecule has 0 fully saturated rings. The van der Waals surface area contributed by atoms with Crippen molar-refractivity contribution in [2.75, 3.05) is 20.8 Å². The molecule has 0 aliphatic carbocycles. The largest absolute Gasteiger partial charge is 0.493 e. The van der Waals surface area contributed by atoms with Gasteiger partial charge < -0.3 is 18.8 Å². The van der Waals surface area contributed by atoms with Gasteiger partial charge in [-0.1, -0.05) is 6.92 Å². The quantitative estimate of drug-likeness (QED) is 0.515. The van der Waals surface area contributed by atoms with E-state index in [1.54, 1.807) is 24.4 Å². The normalized spacial score (nSPS) is 11.0. The number of nitrogens with one attached hydrogen (secondary N) is 1. The Balaban J connectivity index is 2.21. The Bertz CT molecular complexity index is 909. The molecular weight excluding hydrogens is 374 g/mol. The van der Waals surface area contributed by atoms with E-state index in [1.165, 1.54) is 31.1 Å². The zero-order valence-corrected chi connectivity index (χ0v) is 17.4. The lowest BCUT2D eigenvalue weighted by Crippen LogP contribution is -2.31. The lowest BCUT2D eigenvalue weighted by molar-refractivity contribution is 0.0953. The summed E-state index contributed by atoms with van der Waals surface area (Å²) >= 11 is 0. The van der Waals surface area contributed by atoms with Crippen LogP contribution in [0, 0.1) is 0 Å². The van der Waals surface area contributed by atoms with Gasteiger partial charge in [-0.2, -0.15) is 5.10 Å². The van der Waals surface area contributed by atoms with E-state index >= 15 is 0 Å². The Hall–Kier alpha value is -3.29. The van der Waals surface area contributed by atoms with Crippen molar-refractivity contribution in [1.29, 1.82) is 0 Å². The third-order valence-electron chi connectivity index (χ3n) is 4.09. The van der Waals surface area contributed by atoms with Crippen molar-refractivity contribution in [3.05, 3.63) is 51.9 Å². The van der Waals surface area contributed by atoms with Crippen molar-refractivity contribution in [3.63, 3.8) is 0 Å². The topological polar surface area (TPSA) is 91.1 Å². The van der Waals surface area contributed by atoms with E-state index in [0.29, 0.717) is 29.4 Å². The van der Waals surface area contributed by atoms with Crippen molar-refractivity contribution in [2.24, 2.45) is 5.10 Å². The van der Waals surface area contributed by atoms with Crippen LogP contribution in [0.15, 0.2) is 40.4 Å². The molecule has 0 unspecified atom stereocenters.